The lowest BCUT2D eigenvalue weighted by molar-refractivity contribution is -0.113. The topological polar surface area (TPSA) is 135 Å². The van der Waals surface area contributed by atoms with Crippen LogP contribution in [0.25, 0.3) is 0 Å². The van der Waals surface area contributed by atoms with Gasteiger partial charge in [0, 0.05) is 29.3 Å². The van der Waals surface area contributed by atoms with Crippen LogP contribution in [0, 0.1) is 5.92 Å². The number of carbonyl (C=O) groups excluding carboxylic acids is 2. The minimum Gasteiger partial charge on any atom is -0.381 e. The number of benzene rings is 1. The molecular weight excluding hydrogens is 584 g/mol. The van der Waals surface area contributed by atoms with Gasteiger partial charge < -0.3 is 35.5 Å². The SMILES string of the molecule is C=C(COCC(=C)NC(C)(C)COC(C)(C)Cn1cc(CNC=O)nn1)NCC(=C)Nc1ccc(CN(C)C(C=O)C(C)C)cc1. The monoisotopic (exact) mass is 638 g/mol. The van der Waals surface area contributed by atoms with Gasteiger partial charge in [-0.3, -0.25) is 9.69 Å². The maximum absolute atomic E-state index is 11.4. The minimum atomic E-state index is -0.502. The third-order valence-corrected chi connectivity index (χ3v) is 6.98. The van der Waals surface area contributed by atoms with E-state index in [-0.39, 0.29) is 12.0 Å². The van der Waals surface area contributed by atoms with Gasteiger partial charge in [0.05, 0.1) is 62.8 Å². The maximum Gasteiger partial charge on any atom is 0.207 e. The van der Waals surface area contributed by atoms with Gasteiger partial charge in [-0.15, -0.1) is 5.10 Å². The van der Waals surface area contributed by atoms with Gasteiger partial charge in [-0.05, 0) is 58.4 Å². The Bertz CT molecular complexity index is 1290. The number of rotatable bonds is 24. The molecule has 0 saturated heterocycles. The average molecular weight is 639 g/mol. The molecule has 1 aromatic carbocycles. The first kappa shape index (κ1) is 38.2. The van der Waals surface area contributed by atoms with Crippen LogP contribution in [0.5, 0.6) is 0 Å². The van der Waals surface area contributed by atoms with Crippen LogP contribution in [0.4, 0.5) is 5.69 Å². The fraction of sp³-hybridized carbons (Fsp3) is 0.529. The lowest BCUT2D eigenvalue weighted by Crippen LogP contribution is -2.46. The van der Waals surface area contributed by atoms with E-state index in [1.54, 1.807) is 10.9 Å². The molecule has 12 heteroatoms. The summed E-state index contributed by atoms with van der Waals surface area (Å²) in [5, 5.41) is 20.7. The Morgan fingerprint density at radius 3 is 2.35 bits per heavy atom. The number of carbonyl (C=O) groups is 2. The number of anilines is 1. The van der Waals surface area contributed by atoms with Crippen molar-refractivity contribution < 1.29 is 19.1 Å². The highest BCUT2D eigenvalue weighted by molar-refractivity contribution is 5.58. The number of likely N-dealkylation sites (N-methyl/N-ethyl adjacent to an activating group) is 1. The molecule has 1 atom stereocenters. The first-order valence-corrected chi connectivity index (χ1v) is 15.5. The van der Waals surface area contributed by atoms with Crippen LogP contribution >= 0.6 is 0 Å². The number of amides is 1. The van der Waals surface area contributed by atoms with Crippen molar-refractivity contribution in [1.29, 1.82) is 0 Å². The summed E-state index contributed by atoms with van der Waals surface area (Å²) in [6.45, 7) is 27.5. The quantitative estimate of drug-likeness (QED) is 0.126. The summed E-state index contributed by atoms with van der Waals surface area (Å²) in [7, 11) is 1.97. The van der Waals surface area contributed by atoms with E-state index >= 15 is 0 Å². The van der Waals surface area contributed by atoms with Crippen molar-refractivity contribution in [2.75, 3.05) is 38.7 Å². The zero-order valence-corrected chi connectivity index (χ0v) is 28.7. The molecule has 0 bridgehead atoms. The largest absolute Gasteiger partial charge is 0.381 e. The Hall–Kier alpha value is -4.00. The summed E-state index contributed by atoms with van der Waals surface area (Å²) in [6.07, 6.45) is 3.44. The molecule has 1 aromatic heterocycles. The highest BCUT2D eigenvalue weighted by Crippen LogP contribution is 2.17. The second kappa shape index (κ2) is 18.2. The molecule has 1 amide bonds. The molecule has 2 aromatic rings. The first-order valence-electron chi connectivity index (χ1n) is 15.5. The van der Waals surface area contributed by atoms with Gasteiger partial charge in [-0.25, -0.2) is 4.68 Å². The Morgan fingerprint density at radius 1 is 1.04 bits per heavy atom. The van der Waals surface area contributed by atoms with E-state index < -0.39 is 11.1 Å². The number of aromatic nitrogens is 3. The fourth-order valence-corrected chi connectivity index (χ4v) is 4.69. The van der Waals surface area contributed by atoms with Crippen LogP contribution in [0.1, 0.15) is 52.8 Å². The van der Waals surface area contributed by atoms with Crippen molar-refractivity contribution in [2.45, 2.75) is 78.4 Å². The Labute approximate surface area is 274 Å². The molecule has 0 aliphatic heterocycles. The number of hydrogen-bond acceptors (Lipinski definition) is 10. The molecule has 0 aliphatic carbocycles. The molecule has 0 radical (unpaired) electrons. The normalized spacial score (nSPS) is 12.5. The standard InChI is InChI=1S/C34H54N8O4/c1-25(2)32(19-43)41(10)17-29-11-13-30(14-12-29)37-26(3)15-36-27(4)20-45-21-28(5)38-33(6,7)23-46-34(8,9)22-42-18-31(39-40-42)16-35-24-44/h11-14,18-19,24-25,32,36-38H,3-5,15-17,20-23H2,1-2,6-10H3,(H,35,44). The lowest BCUT2D eigenvalue weighted by atomic mass is 10.0. The Kier molecular flexibility index (Phi) is 15.1. The average Bonchev–Trinajstić information content (AvgIpc) is 3.41. The molecule has 46 heavy (non-hydrogen) atoms. The third kappa shape index (κ3) is 14.4. The van der Waals surface area contributed by atoms with Crippen molar-refractivity contribution >= 4 is 18.4 Å². The third-order valence-electron chi connectivity index (χ3n) is 6.98. The van der Waals surface area contributed by atoms with Crippen LogP contribution in [-0.2, 0) is 38.7 Å². The van der Waals surface area contributed by atoms with Crippen molar-refractivity contribution in [3.05, 3.63) is 78.5 Å². The minimum absolute atomic E-state index is 0.105. The molecule has 1 unspecified atom stereocenters. The van der Waals surface area contributed by atoms with E-state index in [0.29, 0.717) is 58.1 Å². The van der Waals surface area contributed by atoms with Crippen LogP contribution < -0.4 is 21.3 Å². The van der Waals surface area contributed by atoms with Crippen LogP contribution in [0.15, 0.2) is 67.3 Å². The summed E-state index contributed by atoms with van der Waals surface area (Å²) in [5.41, 5.74) is 4.11. The summed E-state index contributed by atoms with van der Waals surface area (Å²) >= 11 is 0. The van der Waals surface area contributed by atoms with E-state index in [1.807, 2.05) is 46.9 Å². The molecule has 254 valence electrons. The predicted molar refractivity (Wildman–Crippen MR) is 183 cm³/mol. The Balaban J connectivity index is 1.66. The molecule has 12 nitrogen and oxygen atoms in total. The van der Waals surface area contributed by atoms with Gasteiger partial charge in [0.2, 0.25) is 6.41 Å². The number of hydrogen-bond donors (Lipinski definition) is 4. The number of nitrogens with one attached hydrogen (secondary N) is 4. The van der Waals surface area contributed by atoms with Crippen molar-refractivity contribution in [3.8, 4) is 0 Å². The highest BCUT2D eigenvalue weighted by Gasteiger charge is 2.26. The molecule has 2 rings (SSSR count). The molecule has 0 aliphatic rings. The predicted octanol–water partition coefficient (Wildman–Crippen LogP) is 3.60. The summed E-state index contributed by atoms with van der Waals surface area (Å²) in [6, 6.07) is 8.01. The van der Waals surface area contributed by atoms with Gasteiger partial charge in [-0.1, -0.05) is 50.9 Å². The van der Waals surface area contributed by atoms with E-state index in [4.69, 9.17) is 9.47 Å². The summed E-state index contributed by atoms with van der Waals surface area (Å²) < 4.78 is 13.7. The van der Waals surface area contributed by atoms with Crippen molar-refractivity contribution in [3.63, 3.8) is 0 Å². The number of ether oxygens (including phenoxy) is 2. The molecule has 1 heterocycles. The highest BCUT2D eigenvalue weighted by atomic mass is 16.5. The number of aldehydes is 1. The van der Waals surface area contributed by atoms with E-state index in [9.17, 15) is 9.59 Å². The summed E-state index contributed by atoms with van der Waals surface area (Å²) in [5.74, 6) is 0.263. The smallest absolute Gasteiger partial charge is 0.207 e. The first-order chi connectivity index (χ1) is 21.6. The van der Waals surface area contributed by atoms with Crippen LogP contribution in [0.2, 0.25) is 0 Å². The zero-order chi connectivity index (χ0) is 34.3. The van der Waals surface area contributed by atoms with Gasteiger partial charge in [0.1, 0.15) is 12.0 Å². The maximum atomic E-state index is 11.4. The van der Waals surface area contributed by atoms with Crippen LogP contribution in [0.3, 0.4) is 0 Å². The molecule has 4 N–H and O–H groups in total. The second-order valence-corrected chi connectivity index (χ2v) is 13.2. The van der Waals surface area contributed by atoms with Crippen LogP contribution in [-0.4, -0.2) is 83.2 Å². The second-order valence-electron chi connectivity index (χ2n) is 13.2. The lowest BCUT2D eigenvalue weighted by Gasteiger charge is -2.33. The van der Waals surface area contributed by atoms with Gasteiger partial charge in [0.15, 0.2) is 0 Å². The van der Waals surface area contributed by atoms with E-state index in [2.05, 4.69) is 82.2 Å². The van der Waals surface area contributed by atoms with Gasteiger partial charge in [0.25, 0.3) is 0 Å². The molecule has 0 saturated carbocycles. The van der Waals surface area contributed by atoms with Gasteiger partial charge in [-0.2, -0.15) is 0 Å². The molecule has 0 spiro atoms. The van der Waals surface area contributed by atoms with Crippen molar-refractivity contribution in [2.24, 2.45) is 5.92 Å². The van der Waals surface area contributed by atoms with E-state index in [1.165, 1.54) is 0 Å². The number of nitrogens with zero attached hydrogens (tertiary/aromatic N) is 4. The zero-order valence-electron chi connectivity index (χ0n) is 28.7. The molecule has 0 fully saturated rings. The Morgan fingerprint density at radius 2 is 1.72 bits per heavy atom. The molecular formula is C34H54N8O4. The van der Waals surface area contributed by atoms with Gasteiger partial charge >= 0.3 is 0 Å². The van der Waals surface area contributed by atoms with E-state index in [0.717, 1.165) is 34.6 Å². The van der Waals surface area contributed by atoms with Crippen molar-refractivity contribution in [1.82, 2.24) is 35.8 Å². The fourth-order valence-electron chi connectivity index (χ4n) is 4.69. The summed E-state index contributed by atoms with van der Waals surface area (Å²) in [4.78, 5) is 24.0.